The third-order valence-corrected chi connectivity index (χ3v) is 4.68. The van der Waals surface area contributed by atoms with E-state index in [0.717, 1.165) is 30.7 Å². The van der Waals surface area contributed by atoms with Crippen LogP contribution in [-0.4, -0.2) is 30.6 Å². The van der Waals surface area contributed by atoms with Crippen LogP contribution in [0.1, 0.15) is 36.9 Å². The summed E-state index contributed by atoms with van der Waals surface area (Å²) in [6.07, 6.45) is 1.34. The van der Waals surface area contributed by atoms with Crippen molar-refractivity contribution in [2.24, 2.45) is 0 Å². The van der Waals surface area contributed by atoms with Crippen LogP contribution < -0.4 is 9.47 Å². The standard InChI is InChI=1S/C21H22N2O3/c1-15(26-19-9-5-16(14-22)6-10-19)21(24)23-13-3-4-20(23)17-7-11-18(25-2)12-8-17/h5-12,15,20H,3-4,13H2,1-2H3/t15-,20-/m1/s1. The molecule has 134 valence electrons. The number of nitrogens with zero attached hydrogens (tertiary/aromatic N) is 2. The van der Waals surface area contributed by atoms with Gasteiger partial charge in [-0.2, -0.15) is 5.26 Å². The molecule has 5 nitrogen and oxygen atoms in total. The normalized spacial score (nSPS) is 17.4. The summed E-state index contributed by atoms with van der Waals surface area (Å²) in [7, 11) is 1.64. The molecule has 5 heteroatoms. The summed E-state index contributed by atoms with van der Waals surface area (Å²) in [5.74, 6) is 1.37. The molecule has 0 radical (unpaired) electrons. The van der Waals surface area contributed by atoms with Crippen molar-refractivity contribution in [3.8, 4) is 17.6 Å². The Morgan fingerprint density at radius 2 is 1.81 bits per heavy atom. The zero-order chi connectivity index (χ0) is 18.5. The first-order chi connectivity index (χ1) is 12.6. The van der Waals surface area contributed by atoms with E-state index >= 15 is 0 Å². The third-order valence-electron chi connectivity index (χ3n) is 4.68. The van der Waals surface area contributed by atoms with Gasteiger partial charge in [0.05, 0.1) is 24.8 Å². The third kappa shape index (κ3) is 3.80. The van der Waals surface area contributed by atoms with E-state index in [4.69, 9.17) is 14.7 Å². The molecule has 0 spiro atoms. The van der Waals surface area contributed by atoms with Crippen LogP contribution in [0.5, 0.6) is 11.5 Å². The minimum Gasteiger partial charge on any atom is -0.497 e. The van der Waals surface area contributed by atoms with Crippen LogP contribution in [0.15, 0.2) is 48.5 Å². The Bertz CT molecular complexity index is 794. The van der Waals surface area contributed by atoms with Gasteiger partial charge >= 0.3 is 0 Å². The maximum Gasteiger partial charge on any atom is 0.263 e. The molecule has 1 aliphatic heterocycles. The summed E-state index contributed by atoms with van der Waals surface area (Å²) >= 11 is 0. The van der Waals surface area contributed by atoms with Crippen molar-refractivity contribution < 1.29 is 14.3 Å². The van der Waals surface area contributed by atoms with Crippen molar-refractivity contribution in [3.05, 3.63) is 59.7 Å². The zero-order valence-electron chi connectivity index (χ0n) is 15.0. The van der Waals surface area contributed by atoms with E-state index in [1.807, 2.05) is 29.2 Å². The molecule has 0 unspecified atom stereocenters. The highest BCUT2D eigenvalue weighted by atomic mass is 16.5. The summed E-state index contributed by atoms with van der Waals surface area (Å²) in [6, 6.07) is 16.8. The van der Waals surface area contributed by atoms with Crippen LogP contribution in [0.25, 0.3) is 0 Å². The molecule has 0 saturated carbocycles. The molecule has 0 N–H and O–H groups in total. The van der Waals surface area contributed by atoms with E-state index in [1.165, 1.54) is 0 Å². The Labute approximate surface area is 153 Å². The molecule has 1 heterocycles. The van der Waals surface area contributed by atoms with Crippen LogP contribution in [0, 0.1) is 11.3 Å². The fraction of sp³-hybridized carbons (Fsp3) is 0.333. The second-order valence-electron chi connectivity index (χ2n) is 6.36. The van der Waals surface area contributed by atoms with E-state index in [1.54, 1.807) is 38.3 Å². The van der Waals surface area contributed by atoms with Gasteiger partial charge in [-0.05, 0) is 61.7 Å². The SMILES string of the molecule is COc1ccc([C@H]2CCCN2C(=O)[C@@H](C)Oc2ccc(C#N)cc2)cc1. The average Bonchev–Trinajstić information content (AvgIpc) is 3.17. The quantitative estimate of drug-likeness (QED) is 0.825. The molecule has 1 fully saturated rings. The lowest BCUT2D eigenvalue weighted by Crippen LogP contribution is -2.40. The Morgan fingerprint density at radius 1 is 1.15 bits per heavy atom. The molecule has 2 aromatic rings. The van der Waals surface area contributed by atoms with Crippen LogP contribution in [0.2, 0.25) is 0 Å². The molecule has 0 bridgehead atoms. The molecule has 0 aliphatic carbocycles. The number of ether oxygens (including phenoxy) is 2. The Kier molecular flexibility index (Phi) is 5.43. The van der Waals surface area contributed by atoms with Gasteiger partial charge in [0.1, 0.15) is 11.5 Å². The van der Waals surface area contributed by atoms with Gasteiger partial charge in [-0.15, -0.1) is 0 Å². The van der Waals surface area contributed by atoms with Gasteiger partial charge in [-0.1, -0.05) is 12.1 Å². The topological polar surface area (TPSA) is 62.6 Å². The van der Waals surface area contributed by atoms with E-state index in [0.29, 0.717) is 11.3 Å². The van der Waals surface area contributed by atoms with Gasteiger partial charge in [-0.3, -0.25) is 4.79 Å². The molecule has 26 heavy (non-hydrogen) atoms. The fourth-order valence-corrected chi connectivity index (χ4v) is 3.30. The fourth-order valence-electron chi connectivity index (χ4n) is 3.30. The number of hydrogen-bond acceptors (Lipinski definition) is 4. The molecule has 0 aromatic heterocycles. The zero-order valence-corrected chi connectivity index (χ0v) is 15.0. The smallest absolute Gasteiger partial charge is 0.263 e. The first kappa shape index (κ1) is 17.8. The number of likely N-dealkylation sites (tertiary alicyclic amines) is 1. The minimum atomic E-state index is -0.582. The van der Waals surface area contributed by atoms with Crippen LogP contribution in [-0.2, 0) is 4.79 Å². The van der Waals surface area contributed by atoms with Gasteiger partial charge in [0.2, 0.25) is 0 Å². The van der Waals surface area contributed by atoms with Crippen molar-refractivity contribution in [3.63, 3.8) is 0 Å². The largest absolute Gasteiger partial charge is 0.497 e. The summed E-state index contributed by atoms with van der Waals surface area (Å²) in [4.78, 5) is 14.8. The highest BCUT2D eigenvalue weighted by Gasteiger charge is 2.33. The minimum absolute atomic E-state index is 0.0207. The maximum absolute atomic E-state index is 12.9. The number of benzene rings is 2. The predicted molar refractivity (Wildman–Crippen MR) is 97.9 cm³/mol. The van der Waals surface area contributed by atoms with Crippen molar-refractivity contribution in [2.45, 2.75) is 31.9 Å². The number of rotatable bonds is 5. The van der Waals surface area contributed by atoms with E-state index in [9.17, 15) is 4.79 Å². The van der Waals surface area contributed by atoms with E-state index < -0.39 is 6.10 Å². The lowest BCUT2D eigenvalue weighted by Gasteiger charge is -2.28. The monoisotopic (exact) mass is 350 g/mol. The van der Waals surface area contributed by atoms with Crippen molar-refractivity contribution in [2.75, 3.05) is 13.7 Å². The van der Waals surface area contributed by atoms with Gasteiger partial charge in [0.15, 0.2) is 6.10 Å². The molecule has 3 rings (SSSR count). The van der Waals surface area contributed by atoms with Gasteiger partial charge in [0, 0.05) is 6.54 Å². The highest BCUT2D eigenvalue weighted by Crippen LogP contribution is 2.33. The molecule has 1 amide bonds. The molecule has 1 aliphatic rings. The number of nitriles is 1. The highest BCUT2D eigenvalue weighted by molar-refractivity contribution is 5.81. The lowest BCUT2D eigenvalue weighted by molar-refractivity contribution is -0.138. The summed E-state index contributed by atoms with van der Waals surface area (Å²) < 4.78 is 11.0. The molecular formula is C21H22N2O3. The number of carbonyl (C=O) groups excluding carboxylic acids is 1. The molecule has 2 aromatic carbocycles. The van der Waals surface area contributed by atoms with Crippen LogP contribution in [0.3, 0.4) is 0 Å². The van der Waals surface area contributed by atoms with E-state index in [2.05, 4.69) is 6.07 Å². The summed E-state index contributed by atoms with van der Waals surface area (Å²) in [5, 5.41) is 8.85. The van der Waals surface area contributed by atoms with Gasteiger partial charge in [0.25, 0.3) is 5.91 Å². The molecule has 2 atom stereocenters. The van der Waals surface area contributed by atoms with Gasteiger partial charge in [-0.25, -0.2) is 0 Å². The second kappa shape index (κ2) is 7.92. The Hall–Kier alpha value is -3.00. The summed E-state index contributed by atoms with van der Waals surface area (Å²) in [5.41, 5.74) is 1.68. The number of methoxy groups -OCH3 is 1. The van der Waals surface area contributed by atoms with Crippen molar-refractivity contribution in [1.82, 2.24) is 4.90 Å². The number of carbonyl (C=O) groups is 1. The first-order valence-corrected chi connectivity index (χ1v) is 8.73. The Balaban J connectivity index is 1.69. The number of hydrogen-bond donors (Lipinski definition) is 0. The second-order valence-corrected chi connectivity index (χ2v) is 6.36. The van der Waals surface area contributed by atoms with E-state index in [-0.39, 0.29) is 11.9 Å². The molecular weight excluding hydrogens is 328 g/mol. The van der Waals surface area contributed by atoms with Crippen LogP contribution in [0.4, 0.5) is 0 Å². The number of amides is 1. The molecule has 1 saturated heterocycles. The lowest BCUT2D eigenvalue weighted by atomic mass is 10.0. The predicted octanol–water partition coefficient (Wildman–Crippen LogP) is 3.70. The summed E-state index contributed by atoms with van der Waals surface area (Å²) in [6.45, 7) is 2.50. The average molecular weight is 350 g/mol. The Morgan fingerprint density at radius 3 is 2.42 bits per heavy atom. The maximum atomic E-state index is 12.9. The first-order valence-electron chi connectivity index (χ1n) is 8.73. The van der Waals surface area contributed by atoms with Crippen molar-refractivity contribution in [1.29, 1.82) is 5.26 Å². The van der Waals surface area contributed by atoms with Gasteiger partial charge < -0.3 is 14.4 Å². The van der Waals surface area contributed by atoms with Crippen molar-refractivity contribution >= 4 is 5.91 Å². The van der Waals surface area contributed by atoms with Crippen LogP contribution >= 0.6 is 0 Å².